The number of hydrogen-bond acceptors (Lipinski definition) is 4. The van der Waals surface area contributed by atoms with Crippen molar-refractivity contribution >= 4 is 33.7 Å². The predicted octanol–water partition coefficient (Wildman–Crippen LogP) is 5.81. The van der Waals surface area contributed by atoms with Gasteiger partial charge in [-0.15, -0.1) is 0 Å². The Hall–Kier alpha value is -2.50. The second-order valence-electron chi connectivity index (χ2n) is 6.01. The van der Waals surface area contributed by atoms with Gasteiger partial charge in [-0.05, 0) is 63.5 Å². The van der Waals surface area contributed by atoms with Crippen molar-refractivity contribution < 1.29 is 9.47 Å². The minimum Gasteiger partial charge on any atom is -0.496 e. The fraction of sp³-hybridized carbons (Fsp3) is 0.136. The molecule has 4 nitrogen and oxygen atoms in total. The van der Waals surface area contributed by atoms with E-state index in [1.807, 2.05) is 66.7 Å². The van der Waals surface area contributed by atoms with Crippen molar-refractivity contribution in [2.45, 2.75) is 13.2 Å². The van der Waals surface area contributed by atoms with E-state index in [1.165, 1.54) is 0 Å². The molecule has 0 aliphatic rings. The van der Waals surface area contributed by atoms with E-state index >= 15 is 0 Å². The molecule has 0 aliphatic carbocycles. The fourth-order valence-electron chi connectivity index (χ4n) is 2.56. The molecule has 3 rings (SSSR count). The van der Waals surface area contributed by atoms with Crippen LogP contribution in [0.25, 0.3) is 0 Å². The summed E-state index contributed by atoms with van der Waals surface area (Å²) >= 11 is 9.45. The first-order valence-corrected chi connectivity index (χ1v) is 9.87. The largest absolute Gasteiger partial charge is 0.496 e. The van der Waals surface area contributed by atoms with Crippen molar-refractivity contribution in [1.82, 2.24) is 5.43 Å². The summed E-state index contributed by atoms with van der Waals surface area (Å²) in [6.07, 6.45) is 1.77. The number of methoxy groups -OCH3 is 1. The van der Waals surface area contributed by atoms with Gasteiger partial charge in [0.05, 0.1) is 24.3 Å². The summed E-state index contributed by atoms with van der Waals surface area (Å²) < 4.78 is 12.1. The molecule has 6 heteroatoms. The molecule has 0 aliphatic heterocycles. The number of nitrogens with zero attached hydrogens (tertiary/aromatic N) is 1. The highest BCUT2D eigenvalue weighted by Crippen LogP contribution is 2.26. The zero-order valence-electron chi connectivity index (χ0n) is 15.4. The lowest BCUT2D eigenvalue weighted by atomic mass is 10.2. The molecule has 0 bridgehead atoms. The van der Waals surface area contributed by atoms with E-state index in [4.69, 9.17) is 21.1 Å². The average Bonchev–Trinajstić information content (AvgIpc) is 2.72. The van der Waals surface area contributed by atoms with Crippen LogP contribution in [0.1, 0.15) is 16.7 Å². The fourth-order valence-corrected chi connectivity index (χ4v) is 3.19. The van der Waals surface area contributed by atoms with Crippen LogP contribution < -0.4 is 14.9 Å². The maximum absolute atomic E-state index is 5.90. The van der Waals surface area contributed by atoms with Crippen LogP contribution in [0.4, 0.5) is 0 Å². The molecule has 0 saturated heterocycles. The second kappa shape index (κ2) is 10.2. The summed E-state index contributed by atoms with van der Waals surface area (Å²) in [6, 6.07) is 21.3. The third-order valence-corrected chi connectivity index (χ3v) is 4.90. The summed E-state index contributed by atoms with van der Waals surface area (Å²) in [5.41, 5.74) is 6.11. The van der Waals surface area contributed by atoms with Crippen molar-refractivity contribution in [3.8, 4) is 11.5 Å². The first kappa shape index (κ1) is 20.2. The molecule has 28 heavy (non-hydrogen) atoms. The maximum Gasteiger partial charge on any atom is 0.134 e. The molecule has 0 heterocycles. The zero-order chi connectivity index (χ0) is 19.8. The van der Waals surface area contributed by atoms with Crippen molar-refractivity contribution in [2.24, 2.45) is 5.10 Å². The van der Waals surface area contributed by atoms with E-state index in [-0.39, 0.29) is 0 Å². The van der Waals surface area contributed by atoms with Gasteiger partial charge in [-0.25, -0.2) is 0 Å². The molecular weight excluding hydrogens is 440 g/mol. The summed E-state index contributed by atoms with van der Waals surface area (Å²) in [6.45, 7) is 1.06. The van der Waals surface area contributed by atoms with Crippen molar-refractivity contribution in [2.75, 3.05) is 7.11 Å². The molecular formula is C22H20BrClN2O2. The SMILES string of the molecule is COc1ccccc1CN/N=C\c1ccc(OCc2ccc(Cl)cc2)c(Br)c1. The third kappa shape index (κ3) is 5.75. The average molecular weight is 460 g/mol. The molecule has 0 spiro atoms. The Morgan fingerprint density at radius 2 is 1.82 bits per heavy atom. The number of benzene rings is 3. The van der Waals surface area contributed by atoms with Crippen molar-refractivity contribution in [3.63, 3.8) is 0 Å². The molecule has 0 radical (unpaired) electrons. The predicted molar refractivity (Wildman–Crippen MR) is 117 cm³/mol. The van der Waals surface area contributed by atoms with Gasteiger partial charge in [0.15, 0.2) is 0 Å². The normalized spacial score (nSPS) is 10.8. The van der Waals surface area contributed by atoms with Crippen LogP contribution in [0, 0.1) is 0 Å². The molecule has 0 aromatic heterocycles. The van der Waals surface area contributed by atoms with E-state index in [0.29, 0.717) is 18.2 Å². The van der Waals surface area contributed by atoms with Gasteiger partial charge >= 0.3 is 0 Å². The highest BCUT2D eigenvalue weighted by Gasteiger charge is 2.03. The number of para-hydroxylation sites is 1. The maximum atomic E-state index is 5.90. The molecule has 0 atom stereocenters. The van der Waals surface area contributed by atoms with Crippen LogP contribution >= 0.6 is 27.5 Å². The van der Waals surface area contributed by atoms with E-state index in [9.17, 15) is 0 Å². The highest BCUT2D eigenvalue weighted by molar-refractivity contribution is 9.10. The first-order valence-electron chi connectivity index (χ1n) is 8.70. The van der Waals surface area contributed by atoms with Crippen LogP contribution in [0.2, 0.25) is 5.02 Å². The van der Waals surface area contributed by atoms with Gasteiger partial charge in [0.2, 0.25) is 0 Å². The van der Waals surface area contributed by atoms with Crippen molar-refractivity contribution in [1.29, 1.82) is 0 Å². The second-order valence-corrected chi connectivity index (χ2v) is 7.30. The van der Waals surface area contributed by atoms with Gasteiger partial charge in [0, 0.05) is 10.6 Å². The van der Waals surface area contributed by atoms with Gasteiger partial charge < -0.3 is 14.9 Å². The Kier molecular flexibility index (Phi) is 7.34. The Morgan fingerprint density at radius 3 is 2.57 bits per heavy atom. The van der Waals surface area contributed by atoms with Crippen LogP contribution in [0.3, 0.4) is 0 Å². The van der Waals surface area contributed by atoms with Gasteiger partial charge in [0.25, 0.3) is 0 Å². The number of rotatable bonds is 8. The number of ether oxygens (including phenoxy) is 2. The molecule has 3 aromatic rings. The quantitative estimate of drug-likeness (QED) is 0.341. The number of halogens is 2. The van der Waals surface area contributed by atoms with Crippen LogP contribution in [-0.4, -0.2) is 13.3 Å². The summed E-state index contributed by atoms with van der Waals surface area (Å²) in [5, 5.41) is 5.00. The molecule has 0 fully saturated rings. The van der Waals surface area contributed by atoms with Gasteiger partial charge in [-0.1, -0.05) is 41.9 Å². The Morgan fingerprint density at radius 1 is 1.04 bits per heavy atom. The summed E-state index contributed by atoms with van der Waals surface area (Å²) in [5.74, 6) is 1.62. The number of hydrogen-bond donors (Lipinski definition) is 1. The Labute approximate surface area is 178 Å². The van der Waals surface area contributed by atoms with Crippen LogP contribution in [0.15, 0.2) is 76.3 Å². The lowest BCUT2D eigenvalue weighted by Gasteiger charge is -2.09. The van der Waals surface area contributed by atoms with Gasteiger partial charge in [-0.3, -0.25) is 0 Å². The Bertz CT molecular complexity index is 946. The molecule has 0 unspecified atom stereocenters. The molecule has 0 amide bonds. The molecule has 1 N–H and O–H groups in total. The lowest BCUT2D eigenvalue weighted by Crippen LogP contribution is -2.06. The highest BCUT2D eigenvalue weighted by atomic mass is 79.9. The third-order valence-electron chi connectivity index (χ3n) is 4.03. The van der Waals surface area contributed by atoms with Gasteiger partial charge in [0.1, 0.15) is 18.1 Å². The zero-order valence-corrected chi connectivity index (χ0v) is 17.7. The van der Waals surface area contributed by atoms with Crippen LogP contribution in [-0.2, 0) is 13.2 Å². The molecule has 3 aromatic carbocycles. The van der Waals surface area contributed by atoms with Gasteiger partial charge in [-0.2, -0.15) is 5.10 Å². The molecule has 0 saturated carbocycles. The summed E-state index contributed by atoms with van der Waals surface area (Å²) in [4.78, 5) is 0. The van der Waals surface area contributed by atoms with E-state index in [0.717, 1.165) is 32.7 Å². The van der Waals surface area contributed by atoms with Crippen molar-refractivity contribution in [3.05, 3.63) is 92.9 Å². The molecule has 144 valence electrons. The van der Waals surface area contributed by atoms with E-state index in [2.05, 4.69) is 26.5 Å². The summed E-state index contributed by atoms with van der Waals surface area (Å²) in [7, 11) is 1.66. The van der Waals surface area contributed by atoms with Crippen LogP contribution in [0.5, 0.6) is 11.5 Å². The lowest BCUT2D eigenvalue weighted by molar-refractivity contribution is 0.304. The smallest absolute Gasteiger partial charge is 0.134 e. The van der Waals surface area contributed by atoms with E-state index < -0.39 is 0 Å². The topological polar surface area (TPSA) is 42.8 Å². The number of nitrogens with one attached hydrogen (secondary N) is 1. The first-order chi connectivity index (χ1) is 13.7. The standard InChI is InChI=1S/C22H20BrClN2O2/c1-27-21-5-3-2-4-18(21)14-26-25-13-17-8-11-22(20(23)12-17)28-15-16-6-9-19(24)10-7-16/h2-13,26H,14-15H2,1H3/b25-13-. The minimum absolute atomic E-state index is 0.476. The number of hydrazone groups is 1. The Balaban J connectivity index is 1.54. The van der Waals surface area contributed by atoms with E-state index in [1.54, 1.807) is 13.3 Å². The minimum atomic E-state index is 0.476. The monoisotopic (exact) mass is 458 g/mol.